The Morgan fingerprint density at radius 2 is 1.52 bits per heavy atom. The van der Waals surface area contributed by atoms with E-state index in [0.717, 1.165) is 38.6 Å². The molecule has 0 aromatic carbocycles. The molecule has 2 fully saturated rings. The van der Waals surface area contributed by atoms with Crippen LogP contribution in [0.15, 0.2) is 11.8 Å². The summed E-state index contributed by atoms with van der Waals surface area (Å²) in [6, 6.07) is 2.85. The van der Waals surface area contributed by atoms with Gasteiger partial charge in [0.15, 0.2) is 0 Å². The van der Waals surface area contributed by atoms with Crippen LogP contribution in [0.1, 0.15) is 103 Å². The fraction of sp³-hybridized carbons (Fsp3) is 0.826. The van der Waals surface area contributed by atoms with E-state index in [1.165, 1.54) is 64.2 Å². The first-order valence-corrected chi connectivity index (χ1v) is 11.4. The average molecular weight is 374 g/mol. The number of hydrogen-bond acceptors (Lipinski definition) is 3. The van der Waals surface area contributed by atoms with Crippen molar-refractivity contribution in [2.75, 3.05) is 6.54 Å². The van der Waals surface area contributed by atoms with Crippen molar-refractivity contribution in [1.82, 2.24) is 10.2 Å². The van der Waals surface area contributed by atoms with E-state index < -0.39 is 0 Å². The number of nitrogens with one attached hydrogen (secondary N) is 1. The number of likely N-dealkylation sites (tertiary alicyclic amines) is 1. The first-order chi connectivity index (χ1) is 13.2. The van der Waals surface area contributed by atoms with Crippen LogP contribution in [0.2, 0.25) is 0 Å². The summed E-state index contributed by atoms with van der Waals surface area (Å²) < 4.78 is 0. The van der Waals surface area contributed by atoms with Crippen molar-refractivity contribution in [3.05, 3.63) is 11.8 Å². The maximum absolute atomic E-state index is 12.8. The molecule has 0 bridgehead atoms. The molecule has 1 amide bonds. The highest BCUT2D eigenvalue weighted by Gasteiger charge is 2.21. The molecule has 4 heteroatoms. The van der Waals surface area contributed by atoms with Crippen molar-refractivity contribution < 1.29 is 4.79 Å². The summed E-state index contributed by atoms with van der Waals surface area (Å²) in [7, 11) is 0. The molecule has 1 saturated carbocycles. The molecule has 1 aliphatic heterocycles. The molecule has 2 aliphatic rings. The van der Waals surface area contributed by atoms with Gasteiger partial charge >= 0.3 is 0 Å². The highest BCUT2D eigenvalue weighted by Crippen LogP contribution is 2.21. The van der Waals surface area contributed by atoms with Crippen LogP contribution in [0.4, 0.5) is 0 Å². The minimum Gasteiger partial charge on any atom is -0.373 e. The maximum Gasteiger partial charge on any atom is 0.263 e. The lowest BCUT2D eigenvalue weighted by Gasteiger charge is -2.34. The van der Waals surface area contributed by atoms with Gasteiger partial charge in [0.2, 0.25) is 0 Å². The zero-order valence-corrected chi connectivity index (χ0v) is 17.3. The van der Waals surface area contributed by atoms with Gasteiger partial charge in [-0.05, 0) is 38.5 Å². The zero-order chi connectivity index (χ0) is 19.3. The van der Waals surface area contributed by atoms with E-state index in [9.17, 15) is 10.1 Å². The summed E-state index contributed by atoms with van der Waals surface area (Å²) in [5, 5.41) is 12.7. The number of rotatable bonds is 4. The average Bonchev–Trinajstić information content (AvgIpc) is 2.68. The van der Waals surface area contributed by atoms with Gasteiger partial charge in [-0.25, -0.2) is 0 Å². The second kappa shape index (κ2) is 12.8. The molecule has 152 valence electrons. The molecule has 0 aromatic rings. The molecule has 0 spiro atoms. The number of amides is 1. The van der Waals surface area contributed by atoms with Gasteiger partial charge in [-0.2, -0.15) is 5.26 Å². The minimum absolute atomic E-state index is 0.171. The standard InChI is InChI=1S/C23H39N3O/c1-2-22-16-12-13-17-26(22)19-20(18-24)23(27)25-21-14-10-8-6-4-3-5-7-9-11-15-21/h19,21-22H,2-17H2,1H3,(H,25,27)/b20-19-. The monoisotopic (exact) mass is 373 g/mol. The second-order valence-corrected chi connectivity index (χ2v) is 8.38. The molecule has 0 radical (unpaired) electrons. The predicted octanol–water partition coefficient (Wildman–Crippen LogP) is 5.45. The lowest BCUT2D eigenvalue weighted by atomic mass is 9.97. The summed E-state index contributed by atoms with van der Waals surface area (Å²) in [5.41, 5.74) is 0.279. The largest absolute Gasteiger partial charge is 0.373 e. The van der Waals surface area contributed by atoms with Crippen molar-refractivity contribution in [3.63, 3.8) is 0 Å². The molecule has 1 unspecified atom stereocenters. The lowest BCUT2D eigenvalue weighted by molar-refractivity contribution is -0.118. The van der Waals surface area contributed by atoms with Gasteiger partial charge in [0.25, 0.3) is 5.91 Å². The third-order valence-corrected chi connectivity index (χ3v) is 6.24. The van der Waals surface area contributed by atoms with Crippen LogP contribution < -0.4 is 5.32 Å². The van der Waals surface area contributed by atoms with Crippen LogP contribution in [0.25, 0.3) is 0 Å². The van der Waals surface area contributed by atoms with Gasteiger partial charge in [-0.15, -0.1) is 0 Å². The number of hydrogen-bond donors (Lipinski definition) is 1. The van der Waals surface area contributed by atoms with E-state index in [2.05, 4.69) is 23.2 Å². The molecule has 1 atom stereocenters. The molecular formula is C23H39N3O. The normalized spacial score (nSPS) is 24.4. The van der Waals surface area contributed by atoms with Crippen molar-refractivity contribution >= 4 is 5.91 Å². The SMILES string of the molecule is CCC1CCCCN1/C=C(/C#N)C(=O)NC1CCCCCCCCCCC1. The van der Waals surface area contributed by atoms with Crippen molar-refractivity contribution in [3.8, 4) is 6.07 Å². The number of nitriles is 1. The van der Waals surface area contributed by atoms with E-state index >= 15 is 0 Å². The number of carbonyl (C=O) groups excluding carboxylic acids is 1. The molecule has 1 N–H and O–H groups in total. The van der Waals surface area contributed by atoms with Crippen molar-refractivity contribution in [2.24, 2.45) is 0 Å². The zero-order valence-electron chi connectivity index (χ0n) is 17.3. The van der Waals surface area contributed by atoms with Crippen LogP contribution in [0.5, 0.6) is 0 Å². The third kappa shape index (κ3) is 7.95. The van der Waals surface area contributed by atoms with E-state index in [-0.39, 0.29) is 17.5 Å². The van der Waals surface area contributed by atoms with Gasteiger partial charge in [0.1, 0.15) is 11.6 Å². The van der Waals surface area contributed by atoms with Gasteiger partial charge < -0.3 is 10.2 Å². The Bertz CT molecular complexity index is 496. The van der Waals surface area contributed by atoms with E-state index in [0.29, 0.717) is 6.04 Å². The molecule has 2 rings (SSSR count). The third-order valence-electron chi connectivity index (χ3n) is 6.24. The van der Waals surface area contributed by atoms with Crippen LogP contribution in [-0.4, -0.2) is 29.4 Å². The smallest absolute Gasteiger partial charge is 0.263 e. The van der Waals surface area contributed by atoms with E-state index in [1.807, 2.05) is 6.20 Å². The number of piperidine rings is 1. The van der Waals surface area contributed by atoms with Crippen molar-refractivity contribution in [2.45, 2.75) is 115 Å². The Kier molecular flexibility index (Phi) is 10.3. The van der Waals surface area contributed by atoms with Gasteiger partial charge in [-0.3, -0.25) is 4.79 Å². The van der Waals surface area contributed by atoms with E-state index in [4.69, 9.17) is 0 Å². The molecule has 1 saturated heterocycles. The van der Waals surface area contributed by atoms with Crippen molar-refractivity contribution in [1.29, 1.82) is 5.26 Å². The lowest BCUT2D eigenvalue weighted by Crippen LogP contribution is -2.38. The van der Waals surface area contributed by atoms with Crippen LogP contribution >= 0.6 is 0 Å². The van der Waals surface area contributed by atoms with Gasteiger partial charge in [0, 0.05) is 24.8 Å². The molecule has 1 aliphatic carbocycles. The quantitative estimate of drug-likeness (QED) is 0.527. The van der Waals surface area contributed by atoms with Gasteiger partial charge in [0.05, 0.1) is 0 Å². The topological polar surface area (TPSA) is 56.1 Å². The summed E-state index contributed by atoms with van der Waals surface area (Å²) in [6.45, 7) is 3.15. The fourth-order valence-corrected chi connectivity index (χ4v) is 4.51. The Balaban J connectivity index is 1.93. The predicted molar refractivity (Wildman–Crippen MR) is 111 cm³/mol. The fourth-order valence-electron chi connectivity index (χ4n) is 4.51. The maximum atomic E-state index is 12.8. The second-order valence-electron chi connectivity index (χ2n) is 8.38. The highest BCUT2D eigenvalue weighted by atomic mass is 16.1. The number of nitrogens with zero attached hydrogens (tertiary/aromatic N) is 2. The summed E-state index contributed by atoms with van der Waals surface area (Å²) >= 11 is 0. The molecule has 1 heterocycles. The van der Waals surface area contributed by atoms with E-state index in [1.54, 1.807) is 0 Å². The molecule has 0 aromatic heterocycles. The Morgan fingerprint density at radius 1 is 0.963 bits per heavy atom. The molecule has 4 nitrogen and oxygen atoms in total. The first kappa shape index (κ1) is 21.8. The van der Waals surface area contributed by atoms with Crippen LogP contribution in [0, 0.1) is 11.3 Å². The Labute approximate surface area is 166 Å². The van der Waals surface area contributed by atoms with Crippen LogP contribution in [0.3, 0.4) is 0 Å². The highest BCUT2D eigenvalue weighted by molar-refractivity contribution is 5.97. The summed E-state index contributed by atoms with van der Waals surface area (Å²) in [6.07, 6.45) is 20.2. The van der Waals surface area contributed by atoms with Gasteiger partial charge in [-0.1, -0.05) is 64.7 Å². The summed E-state index contributed by atoms with van der Waals surface area (Å²) in [5.74, 6) is -0.171. The minimum atomic E-state index is -0.171. The molecule has 27 heavy (non-hydrogen) atoms. The first-order valence-electron chi connectivity index (χ1n) is 11.4. The number of carbonyl (C=O) groups is 1. The summed E-state index contributed by atoms with van der Waals surface area (Å²) in [4.78, 5) is 15.0. The van der Waals surface area contributed by atoms with Crippen LogP contribution in [-0.2, 0) is 4.79 Å². The molecular weight excluding hydrogens is 334 g/mol. The Hall–Kier alpha value is -1.50. The Morgan fingerprint density at radius 3 is 2.07 bits per heavy atom.